The van der Waals surface area contributed by atoms with Crippen LogP contribution in [0.4, 0.5) is 23.7 Å². The molecule has 1 aliphatic rings. The van der Waals surface area contributed by atoms with Crippen molar-refractivity contribution in [3.05, 3.63) is 94.6 Å². The van der Waals surface area contributed by atoms with Gasteiger partial charge in [0, 0.05) is 23.8 Å². The lowest BCUT2D eigenvalue weighted by Crippen LogP contribution is -2.61. The van der Waals surface area contributed by atoms with Crippen molar-refractivity contribution in [2.45, 2.75) is 70.5 Å². The van der Waals surface area contributed by atoms with Gasteiger partial charge in [-0.15, -0.1) is 0 Å². The highest BCUT2D eigenvalue weighted by molar-refractivity contribution is 5.94. The Morgan fingerprint density at radius 3 is 2.42 bits per heavy atom. The smallest absolute Gasteiger partial charge is 0.416 e. The molecule has 45 heavy (non-hydrogen) atoms. The summed E-state index contributed by atoms with van der Waals surface area (Å²) in [5.41, 5.74) is 3.61. The standard InChI is InChI=1S/C32H33F3N4O6/c1-5-31(36)16-23(22-15-21(32(33,34)35)12-13-24(22)39(31)29(42)43)27-37-17-20(26(38-27)28(41)45-30(2,3)4)11-14-25(40)44-18-19-9-7-6-8-10-19/h6-15,17,23H,5,16,18,36H2,1-4H3,(H,42,43)/t23-,31+/m0/s1. The van der Waals surface area contributed by atoms with E-state index in [-0.39, 0.29) is 47.8 Å². The molecule has 0 spiro atoms. The highest BCUT2D eigenvalue weighted by Gasteiger charge is 2.47. The number of fused-ring (bicyclic) bond motifs is 1. The molecule has 0 radical (unpaired) electrons. The van der Waals surface area contributed by atoms with Crippen LogP contribution >= 0.6 is 0 Å². The average molecular weight is 627 g/mol. The van der Waals surface area contributed by atoms with Crippen molar-refractivity contribution >= 4 is 29.8 Å². The zero-order chi connectivity index (χ0) is 33.2. The SMILES string of the molecule is CC[C@]1(N)C[C@H](c2ncc(C=CC(=O)OCc3ccccc3)c(C(=O)OC(C)(C)C)n2)c2cc(C(F)(F)F)ccc2N1C(=O)O. The third kappa shape index (κ3) is 7.66. The number of carboxylic acid groups (broad SMARTS) is 1. The Labute approximate surface area is 257 Å². The minimum atomic E-state index is -4.72. The first-order chi connectivity index (χ1) is 21.0. The van der Waals surface area contributed by atoms with Crippen LogP contribution in [0.3, 0.4) is 0 Å². The summed E-state index contributed by atoms with van der Waals surface area (Å²) >= 11 is 0. The molecule has 13 heteroatoms. The summed E-state index contributed by atoms with van der Waals surface area (Å²) < 4.78 is 52.0. The quantitative estimate of drug-likeness (QED) is 0.228. The zero-order valence-electron chi connectivity index (χ0n) is 25.1. The number of aromatic nitrogens is 2. The van der Waals surface area contributed by atoms with Crippen LogP contribution < -0.4 is 10.6 Å². The fourth-order valence-corrected chi connectivity index (χ4v) is 4.95. The number of hydrogen-bond acceptors (Lipinski definition) is 8. The lowest BCUT2D eigenvalue weighted by atomic mass is 9.80. The molecule has 238 valence electrons. The summed E-state index contributed by atoms with van der Waals surface area (Å²) in [5.74, 6) is -2.68. The largest absolute Gasteiger partial charge is 0.465 e. The number of hydrogen-bond donors (Lipinski definition) is 2. The summed E-state index contributed by atoms with van der Waals surface area (Å²) in [6.07, 6.45) is -2.62. The Morgan fingerprint density at radius 1 is 1.13 bits per heavy atom. The normalized spacial score (nSPS) is 18.4. The first kappa shape index (κ1) is 33.1. The first-order valence-corrected chi connectivity index (χ1v) is 14.0. The Hall–Kier alpha value is -4.78. The van der Waals surface area contributed by atoms with E-state index >= 15 is 0 Å². The monoisotopic (exact) mass is 626 g/mol. The molecule has 0 aliphatic carbocycles. The van der Waals surface area contributed by atoms with Gasteiger partial charge in [0.1, 0.15) is 23.7 Å². The van der Waals surface area contributed by atoms with Gasteiger partial charge in [-0.2, -0.15) is 13.2 Å². The van der Waals surface area contributed by atoms with Crippen LogP contribution in [0.1, 0.15) is 85.0 Å². The molecule has 10 nitrogen and oxygen atoms in total. The van der Waals surface area contributed by atoms with Crippen molar-refractivity contribution < 1.29 is 42.1 Å². The number of carbonyl (C=O) groups is 3. The van der Waals surface area contributed by atoms with Crippen LogP contribution in [0.15, 0.2) is 60.8 Å². The predicted molar refractivity (Wildman–Crippen MR) is 158 cm³/mol. The van der Waals surface area contributed by atoms with E-state index in [9.17, 15) is 32.7 Å². The van der Waals surface area contributed by atoms with Crippen LogP contribution in [-0.2, 0) is 27.1 Å². The Morgan fingerprint density at radius 2 is 1.82 bits per heavy atom. The molecular formula is C32H33F3N4O6. The number of carbonyl (C=O) groups excluding carboxylic acids is 2. The zero-order valence-corrected chi connectivity index (χ0v) is 25.1. The summed E-state index contributed by atoms with van der Waals surface area (Å²) in [6.45, 7) is 6.60. The van der Waals surface area contributed by atoms with Crippen molar-refractivity contribution in [2.24, 2.45) is 5.73 Å². The molecule has 3 N–H and O–H groups in total. The number of anilines is 1. The van der Waals surface area contributed by atoms with Gasteiger partial charge in [-0.1, -0.05) is 37.3 Å². The maximum atomic E-state index is 13.8. The van der Waals surface area contributed by atoms with E-state index < -0.39 is 47.0 Å². The molecule has 4 rings (SSSR count). The van der Waals surface area contributed by atoms with Gasteiger partial charge in [-0.3, -0.25) is 4.90 Å². The Balaban J connectivity index is 1.79. The fraction of sp³-hybridized carbons (Fsp3) is 0.344. The van der Waals surface area contributed by atoms with Crippen molar-refractivity contribution in [3.8, 4) is 0 Å². The van der Waals surface area contributed by atoms with Crippen LogP contribution in [0.5, 0.6) is 0 Å². The first-order valence-electron chi connectivity index (χ1n) is 14.0. The maximum Gasteiger partial charge on any atom is 0.416 e. The van der Waals surface area contributed by atoms with Crippen LogP contribution in [0.2, 0.25) is 0 Å². The van der Waals surface area contributed by atoms with Crippen molar-refractivity contribution in [2.75, 3.05) is 4.90 Å². The highest BCUT2D eigenvalue weighted by atomic mass is 19.4. The third-order valence-corrected chi connectivity index (χ3v) is 7.14. The second kappa shape index (κ2) is 12.7. The van der Waals surface area contributed by atoms with Gasteiger partial charge >= 0.3 is 24.2 Å². The Kier molecular flexibility index (Phi) is 9.33. The number of amides is 1. The molecular weight excluding hydrogens is 593 g/mol. The van der Waals surface area contributed by atoms with E-state index in [1.54, 1.807) is 52.0 Å². The van der Waals surface area contributed by atoms with Gasteiger partial charge in [0.05, 0.1) is 11.3 Å². The molecule has 0 bridgehead atoms. The molecule has 2 atom stereocenters. The number of nitrogens with two attached hydrogens (primary N) is 1. The summed E-state index contributed by atoms with van der Waals surface area (Å²) in [6, 6.07) is 11.7. The van der Waals surface area contributed by atoms with Gasteiger partial charge in [-0.25, -0.2) is 24.4 Å². The second-order valence-electron chi connectivity index (χ2n) is 11.6. The third-order valence-electron chi connectivity index (χ3n) is 7.14. The fourth-order valence-electron chi connectivity index (χ4n) is 4.95. The number of rotatable bonds is 7. The van der Waals surface area contributed by atoms with Crippen LogP contribution in [0, 0.1) is 0 Å². The van der Waals surface area contributed by atoms with Crippen molar-refractivity contribution in [3.63, 3.8) is 0 Å². The van der Waals surface area contributed by atoms with E-state index in [0.717, 1.165) is 34.7 Å². The van der Waals surface area contributed by atoms with Crippen molar-refractivity contribution in [1.29, 1.82) is 0 Å². The number of ether oxygens (including phenoxy) is 2. The number of esters is 2. The molecule has 2 heterocycles. The molecule has 3 aromatic rings. The Bertz CT molecular complexity index is 1620. The van der Waals surface area contributed by atoms with Gasteiger partial charge < -0.3 is 20.3 Å². The number of benzene rings is 2. The summed E-state index contributed by atoms with van der Waals surface area (Å²) in [5, 5.41) is 9.99. The molecule has 0 saturated carbocycles. The minimum absolute atomic E-state index is 0.0189. The molecule has 0 unspecified atom stereocenters. The lowest BCUT2D eigenvalue weighted by molar-refractivity contribution is -0.139. The number of halogens is 3. The van der Waals surface area contributed by atoms with E-state index in [2.05, 4.69) is 9.97 Å². The summed E-state index contributed by atoms with van der Waals surface area (Å²) in [7, 11) is 0. The highest BCUT2D eigenvalue weighted by Crippen LogP contribution is 2.47. The van der Waals surface area contributed by atoms with Crippen LogP contribution in [0.25, 0.3) is 6.08 Å². The molecule has 1 aromatic heterocycles. The number of alkyl halides is 3. The van der Waals surface area contributed by atoms with Gasteiger partial charge in [0.25, 0.3) is 0 Å². The predicted octanol–water partition coefficient (Wildman–Crippen LogP) is 6.29. The van der Waals surface area contributed by atoms with Gasteiger partial charge in [-0.05, 0) is 69.0 Å². The summed E-state index contributed by atoms with van der Waals surface area (Å²) in [4.78, 5) is 47.6. The number of nitrogens with zero attached hydrogens (tertiary/aromatic N) is 3. The van der Waals surface area contributed by atoms with Crippen LogP contribution in [-0.4, -0.2) is 44.4 Å². The van der Waals surface area contributed by atoms with Gasteiger partial charge in [0.2, 0.25) is 0 Å². The lowest BCUT2D eigenvalue weighted by Gasteiger charge is -2.46. The van der Waals surface area contributed by atoms with Gasteiger partial charge in [0.15, 0.2) is 5.69 Å². The maximum absolute atomic E-state index is 13.8. The van der Waals surface area contributed by atoms with E-state index in [1.807, 2.05) is 6.07 Å². The second-order valence-corrected chi connectivity index (χ2v) is 11.6. The molecule has 0 saturated heterocycles. The van der Waals surface area contributed by atoms with E-state index in [0.29, 0.717) is 0 Å². The molecule has 2 aromatic carbocycles. The van der Waals surface area contributed by atoms with E-state index in [4.69, 9.17) is 15.2 Å². The molecule has 1 aliphatic heterocycles. The average Bonchev–Trinajstić information content (AvgIpc) is 2.97. The van der Waals surface area contributed by atoms with E-state index in [1.165, 1.54) is 12.3 Å². The van der Waals surface area contributed by atoms with Crippen molar-refractivity contribution in [1.82, 2.24) is 9.97 Å². The molecule has 0 fully saturated rings. The molecule has 1 amide bonds. The topological polar surface area (TPSA) is 145 Å². The minimum Gasteiger partial charge on any atom is -0.465 e.